The molecule has 16 rings (SSSR count). The molecule has 1 spiro atoms. The van der Waals surface area contributed by atoms with Crippen molar-refractivity contribution in [1.29, 1.82) is 0 Å². The Bertz CT molecular complexity index is 4510. The SMILES string of the molecule is c1ccc(-c2nc(-c3cccc(-c4ccc5c(c4)oc4ccc6c(c45)C4(c5ccccc5-c5ccccc54)c4cc5sc7ccccc7c5cc4-6)c3)nc(-c3ccc4c(c3)oc3ccccc34)n2)cc1. The lowest BCUT2D eigenvalue weighted by Crippen LogP contribution is -2.26. The lowest BCUT2D eigenvalue weighted by molar-refractivity contribution is 0.668. The highest BCUT2D eigenvalue weighted by Crippen LogP contribution is 2.65. The van der Waals surface area contributed by atoms with E-state index in [2.05, 4.69) is 158 Å². The first-order valence-corrected chi connectivity index (χ1v) is 24.5. The smallest absolute Gasteiger partial charge is 0.164 e. The van der Waals surface area contributed by atoms with Crippen LogP contribution in [-0.2, 0) is 5.41 Å². The number of rotatable bonds is 4. The summed E-state index contributed by atoms with van der Waals surface area (Å²) in [6.45, 7) is 0. The van der Waals surface area contributed by atoms with E-state index in [4.69, 9.17) is 23.8 Å². The van der Waals surface area contributed by atoms with Crippen molar-refractivity contribution in [3.05, 3.63) is 235 Å². The van der Waals surface area contributed by atoms with Crippen LogP contribution in [0.3, 0.4) is 0 Å². The molecule has 4 aromatic heterocycles. The van der Waals surface area contributed by atoms with Crippen LogP contribution in [0.4, 0.5) is 0 Å². The van der Waals surface area contributed by atoms with Crippen molar-refractivity contribution in [3.63, 3.8) is 0 Å². The molecule has 5 nitrogen and oxygen atoms in total. The first-order valence-electron chi connectivity index (χ1n) is 23.6. The molecule has 10 aromatic carbocycles. The number of hydrogen-bond acceptors (Lipinski definition) is 6. The molecule has 70 heavy (non-hydrogen) atoms. The van der Waals surface area contributed by atoms with Gasteiger partial charge in [0.25, 0.3) is 0 Å². The van der Waals surface area contributed by atoms with E-state index in [1.807, 2.05) is 65.9 Å². The van der Waals surface area contributed by atoms with Crippen LogP contribution in [0.25, 0.3) is 132 Å². The zero-order valence-electron chi connectivity index (χ0n) is 37.3. The van der Waals surface area contributed by atoms with Gasteiger partial charge >= 0.3 is 0 Å². The van der Waals surface area contributed by atoms with Crippen LogP contribution in [0.2, 0.25) is 0 Å². The average molecular weight is 910 g/mol. The summed E-state index contributed by atoms with van der Waals surface area (Å²) in [5.41, 5.74) is 18.0. The molecule has 0 amide bonds. The molecular weight excluding hydrogens is 875 g/mol. The maximum atomic E-state index is 6.99. The minimum absolute atomic E-state index is 0.536. The zero-order chi connectivity index (χ0) is 45.7. The molecular formula is C64H35N3O2S. The van der Waals surface area contributed by atoms with Gasteiger partial charge in [0.05, 0.1) is 5.41 Å². The van der Waals surface area contributed by atoms with Gasteiger partial charge in [-0.1, -0.05) is 152 Å². The normalized spacial score (nSPS) is 13.3. The summed E-state index contributed by atoms with van der Waals surface area (Å²) in [7, 11) is 0. The molecule has 2 aliphatic rings. The highest BCUT2D eigenvalue weighted by atomic mass is 32.1. The summed E-state index contributed by atoms with van der Waals surface area (Å²) in [5, 5.41) is 7.02. The largest absolute Gasteiger partial charge is 0.456 e. The first-order chi connectivity index (χ1) is 34.7. The van der Waals surface area contributed by atoms with Gasteiger partial charge in [-0.05, 0) is 116 Å². The van der Waals surface area contributed by atoms with E-state index in [1.54, 1.807) is 0 Å². The van der Waals surface area contributed by atoms with E-state index >= 15 is 0 Å². The van der Waals surface area contributed by atoms with Crippen molar-refractivity contribution in [2.24, 2.45) is 0 Å². The summed E-state index contributed by atoms with van der Waals surface area (Å²) >= 11 is 1.88. The average Bonchev–Trinajstić information content (AvgIpc) is 4.22. The van der Waals surface area contributed by atoms with Crippen LogP contribution in [0.1, 0.15) is 22.3 Å². The second-order valence-electron chi connectivity index (χ2n) is 18.6. The van der Waals surface area contributed by atoms with Crippen LogP contribution in [0, 0.1) is 0 Å². The van der Waals surface area contributed by atoms with Gasteiger partial charge in [0.2, 0.25) is 0 Å². The lowest BCUT2D eigenvalue weighted by Gasteiger charge is -2.31. The summed E-state index contributed by atoms with van der Waals surface area (Å²) in [6, 6.07) is 76.0. The Morgan fingerprint density at radius 1 is 0.314 bits per heavy atom. The van der Waals surface area contributed by atoms with E-state index in [9.17, 15) is 0 Å². The van der Waals surface area contributed by atoms with Gasteiger partial charge in [0.1, 0.15) is 22.3 Å². The molecule has 14 aromatic rings. The fourth-order valence-corrected chi connectivity index (χ4v) is 13.1. The fourth-order valence-electron chi connectivity index (χ4n) is 11.9. The molecule has 2 aliphatic carbocycles. The zero-order valence-corrected chi connectivity index (χ0v) is 38.1. The van der Waals surface area contributed by atoms with Crippen molar-refractivity contribution in [3.8, 4) is 67.5 Å². The number of hydrogen-bond donors (Lipinski definition) is 0. The van der Waals surface area contributed by atoms with Crippen LogP contribution in [0.5, 0.6) is 0 Å². The summed E-state index contributed by atoms with van der Waals surface area (Å²) < 4.78 is 15.9. The second-order valence-corrected chi connectivity index (χ2v) is 19.7. The molecule has 0 unspecified atom stereocenters. The van der Waals surface area contributed by atoms with E-state index in [0.717, 1.165) is 71.7 Å². The number of thiophene rings is 1. The topological polar surface area (TPSA) is 65.0 Å². The standard InChI is InChI=1S/C64H35N3O2S/c1-2-13-36(14-3-1)61-65-62(67-63(66-61)40-26-27-44-43-19-6-10-23-53(43)68-55(44)33-40)39-16-12-15-37(31-39)38-25-28-47-56(32-38)69-54-30-29-46-48-34-49-45-20-7-11-24-57(45)70-58(49)35-52(48)64(60(46)59(47)54)50-21-8-4-17-41(50)42-18-5-9-22-51(42)64/h1-35H. The van der Waals surface area contributed by atoms with Crippen molar-refractivity contribution >= 4 is 75.4 Å². The molecule has 0 aliphatic heterocycles. The lowest BCUT2D eigenvalue weighted by atomic mass is 9.69. The Labute approximate surface area is 404 Å². The Hall–Kier alpha value is -8.97. The molecule has 0 bridgehead atoms. The van der Waals surface area contributed by atoms with Crippen molar-refractivity contribution < 1.29 is 8.83 Å². The third kappa shape index (κ3) is 5.17. The molecule has 0 atom stereocenters. The highest BCUT2D eigenvalue weighted by molar-refractivity contribution is 7.25. The molecule has 0 fully saturated rings. The molecule has 0 saturated heterocycles. The molecule has 4 heterocycles. The number of nitrogens with zero attached hydrogens (tertiary/aromatic N) is 3. The predicted molar refractivity (Wildman–Crippen MR) is 285 cm³/mol. The second kappa shape index (κ2) is 14.0. The third-order valence-electron chi connectivity index (χ3n) is 14.9. The highest BCUT2D eigenvalue weighted by Gasteiger charge is 2.53. The van der Waals surface area contributed by atoms with Crippen molar-refractivity contribution in [2.45, 2.75) is 5.41 Å². The summed E-state index contributed by atoms with van der Waals surface area (Å²) in [5.74, 6) is 1.77. The number of benzene rings is 10. The fraction of sp³-hybridized carbons (Fsp3) is 0.0156. The van der Waals surface area contributed by atoms with Gasteiger partial charge in [-0.2, -0.15) is 0 Å². The van der Waals surface area contributed by atoms with Crippen molar-refractivity contribution in [1.82, 2.24) is 15.0 Å². The van der Waals surface area contributed by atoms with Gasteiger partial charge in [0, 0.05) is 58.4 Å². The summed E-state index contributed by atoms with van der Waals surface area (Å²) in [6.07, 6.45) is 0. The van der Waals surface area contributed by atoms with Crippen LogP contribution < -0.4 is 0 Å². The van der Waals surface area contributed by atoms with Gasteiger partial charge in [-0.15, -0.1) is 11.3 Å². The van der Waals surface area contributed by atoms with Crippen LogP contribution in [-0.4, -0.2) is 15.0 Å². The van der Waals surface area contributed by atoms with E-state index in [-0.39, 0.29) is 0 Å². The molecule has 6 heteroatoms. The van der Waals surface area contributed by atoms with E-state index in [1.165, 1.54) is 64.7 Å². The van der Waals surface area contributed by atoms with Gasteiger partial charge in [0.15, 0.2) is 17.5 Å². The minimum Gasteiger partial charge on any atom is -0.456 e. The molecule has 324 valence electrons. The Balaban J connectivity index is 0.866. The monoisotopic (exact) mass is 909 g/mol. The summed E-state index contributed by atoms with van der Waals surface area (Å²) in [4.78, 5) is 15.3. The van der Waals surface area contributed by atoms with Crippen molar-refractivity contribution in [2.75, 3.05) is 0 Å². The first kappa shape index (κ1) is 38.0. The van der Waals surface area contributed by atoms with E-state index < -0.39 is 5.41 Å². The third-order valence-corrected chi connectivity index (χ3v) is 16.1. The number of para-hydroxylation sites is 1. The van der Waals surface area contributed by atoms with Crippen LogP contribution in [0.15, 0.2) is 221 Å². The van der Waals surface area contributed by atoms with Gasteiger partial charge in [-0.25, -0.2) is 15.0 Å². The number of aromatic nitrogens is 3. The number of fused-ring (bicyclic) bond motifs is 20. The van der Waals surface area contributed by atoms with Gasteiger partial charge < -0.3 is 8.83 Å². The molecule has 0 N–H and O–H groups in total. The Kier molecular flexibility index (Phi) is 7.63. The van der Waals surface area contributed by atoms with E-state index in [0.29, 0.717) is 17.5 Å². The maximum absolute atomic E-state index is 6.99. The predicted octanol–water partition coefficient (Wildman–Crippen LogP) is 17.0. The Morgan fingerprint density at radius 2 is 0.900 bits per heavy atom. The number of furan rings is 2. The maximum Gasteiger partial charge on any atom is 0.164 e. The molecule has 0 saturated carbocycles. The molecule has 0 radical (unpaired) electrons. The van der Waals surface area contributed by atoms with Gasteiger partial charge in [-0.3, -0.25) is 0 Å². The Morgan fingerprint density at radius 3 is 1.73 bits per heavy atom. The van der Waals surface area contributed by atoms with Crippen LogP contribution >= 0.6 is 11.3 Å². The quantitative estimate of drug-likeness (QED) is 0.176. The minimum atomic E-state index is -0.536.